The Labute approximate surface area is 343 Å². The number of piperidine rings is 3. The molecule has 0 aliphatic carbocycles. The number of halogens is 1. The fourth-order valence-electron chi connectivity index (χ4n) is 9.09. The van der Waals surface area contributed by atoms with Gasteiger partial charge in [-0.25, -0.2) is 4.68 Å². The van der Waals surface area contributed by atoms with Crippen LogP contribution in [-0.4, -0.2) is 136 Å². The SMILES string of the molecule is CN1C[C@@H](Nc2cnn(C)c(=O)c2Br)C[C@@H](c2ccc(C(=O)N3CCC(C(=O)N4CCN(c5cccc6c5C(=O)N(C5CCC(=O)NC5=O)C6=O)CC4)CC3)cc2)C1. The number of piperazine rings is 1. The van der Waals surface area contributed by atoms with Crippen molar-refractivity contribution in [3.8, 4) is 0 Å². The summed E-state index contributed by atoms with van der Waals surface area (Å²) in [4.78, 5) is 99.7. The van der Waals surface area contributed by atoms with Crippen LogP contribution in [-0.2, 0) is 21.4 Å². The number of likely N-dealkylation sites (N-methyl/N-ethyl adjacent to an activating group) is 1. The lowest BCUT2D eigenvalue weighted by Gasteiger charge is -2.39. The van der Waals surface area contributed by atoms with Gasteiger partial charge >= 0.3 is 0 Å². The molecular formula is C41H46BrN9O7. The number of hydrogen-bond donors (Lipinski definition) is 2. The molecule has 3 aromatic rings. The lowest BCUT2D eigenvalue weighted by Crippen LogP contribution is -2.54. The number of benzene rings is 2. The molecule has 16 nitrogen and oxygen atoms in total. The van der Waals surface area contributed by atoms with E-state index in [0.29, 0.717) is 73.5 Å². The van der Waals surface area contributed by atoms with Gasteiger partial charge in [-0.1, -0.05) is 18.2 Å². The highest BCUT2D eigenvalue weighted by atomic mass is 79.9. The summed E-state index contributed by atoms with van der Waals surface area (Å²) < 4.78 is 1.75. The number of imide groups is 2. The monoisotopic (exact) mass is 855 g/mol. The second-order valence-corrected chi connectivity index (χ2v) is 16.7. The molecule has 17 heteroatoms. The standard InChI is InChI=1S/C41H46BrN9O7/c1-46-22-27(20-28(23-46)44-30-21-43-47(2)41(58)35(30)42)24-6-8-25(9-7-24)37(54)49-14-12-26(13-15-49)38(55)50-18-16-48(17-19-50)31-5-3-4-29-34(31)40(57)51(39(29)56)32-10-11-33(52)45-36(32)53/h3-9,21,26-28,32,44H,10-20,22-23H2,1-2H3,(H,45,52,53)/t27-,28+,32?/m1/s1. The molecule has 0 saturated carbocycles. The van der Waals surface area contributed by atoms with Gasteiger partial charge in [-0.2, -0.15) is 5.10 Å². The molecule has 0 radical (unpaired) electrons. The summed E-state index contributed by atoms with van der Waals surface area (Å²) in [6.07, 6.45) is 3.80. The van der Waals surface area contributed by atoms with Crippen LogP contribution in [0.15, 0.2) is 57.9 Å². The number of carbonyl (C=O) groups is 6. The maximum atomic E-state index is 13.7. The number of amides is 6. The van der Waals surface area contributed by atoms with Gasteiger partial charge in [0.25, 0.3) is 23.3 Å². The van der Waals surface area contributed by atoms with E-state index >= 15 is 0 Å². The maximum Gasteiger partial charge on any atom is 0.282 e. The third-order valence-corrected chi connectivity index (χ3v) is 13.0. The molecule has 3 atom stereocenters. The van der Waals surface area contributed by atoms with Gasteiger partial charge in [-0.3, -0.25) is 43.8 Å². The normalized spacial score (nSPS) is 23.3. The highest BCUT2D eigenvalue weighted by Crippen LogP contribution is 2.35. The van der Waals surface area contributed by atoms with Gasteiger partial charge in [0.15, 0.2) is 0 Å². The van der Waals surface area contributed by atoms with Crippen molar-refractivity contribution >= 4 is 62.7 Å². The maximum absolute atomic E-state index is 13.7. The predicted octanol–water partition coefficient (Wildman–Crippen LogP) is 2.04. The van der Waals surface area contributed by atoms with Crippen molar-refractivity contribution < 1.29 is 28.8 Å². The Morgan fingerprint density at radius 3 is 2.28 bits per heavy atom. The quantitative estimate of drug-likeness (QED) is 0.333. The predicted molar refractivity (Wildman–Crippen MR) is 216 cm³/mol. The van der Waals surface area contributed by atoms with Crippen molar-refractivity contribution in [3.63, 3.8) is 0 Å². The molecule has 304 valence electrons. The van der Waals surface area contributed by atoms with E-state index in [-0.39, 0.29) is 59.2 Å². The molecule has 0 bridgehead atoms. The van der Waals surface area contributed by atoms with Crippen LogP contribution in [0.1, 0.15) is 74.7 Å². The van der Waals surface area contributed by atoms with E-state index < -0.39 is 29.7 Å². The molecule has 5 aliphatic rings. The van der Waals surface area contributed by atoms with Crippen molar-refractivity contribution in [2.75, 3.05) is 69.6 Å². The number of aryl methyl sites for hydroxylation is 1. The Morgan fingerprint density at radius 1 is 0.845 bits per heavy atom. The zero-order chi connectivity index (χ0) is 40.8. The van der Waals surface area contributed by atoms with E-state index in [1.807, 2.05) is 39.0 Å². The summed E-state index contributed by atoms with van der Waals surface area (Å²) in [5, 5.41) is 9.87. The summed E-state index contributed by atoms with van der Waals surface area (Å²) in [6, 6.07) is 12.0. The third-order valence-electron chi connectivity index (χ3n) is 12.2. The average Bonchev–Trinajstić information content (AvgIpc) is 3.49. The van der Waals surface area contributed by atoms with E-state index in [1.54, 1.807) is 31.4 Å². The molecule has 4 saturated heterocycles. The van der Waals surface area contributed by atoms with Gasteiger partial charge in [-0.15, -0.1) is 0 Å². The van der Waals surface area contributed by atoms with Gasteiger partial charge in [0.1, 0.15) is 10.5 Å². The molecule has 1 aromatic heterocycles. The first-order valence-electron chi connectivity index (χ1n) is 19.8. The largest absolute Gasteiger partial charge is 0.379 e. The lowest BCUT2D eigenvalue weighted by molar-refractivity contribution is -0.137. The van der Waals surface area contributed by atoms with Crippen LogP contribution in [0.5, 0.6) is 0 Å². The number of aromatic nitrogens is 2. The highest BCUT2D eigenvalue weighted by molar-refractivity contribution is 9.10. The van der Waals surface area contributed by atoms with Crippen molar-refractivity contribution in [2.45, 2.75) is 50.1 Å². The minimum absolute atomic E-state index is 0.0473. The molecule has 1 unspecified atom stereocenters. The fraction of sp³-hybridized carbons (Fsp3) is 0.463. The third kappa shape index (κ3) is 7.52. The van der Waals surface area contributed by atoms with Crippen LogP contribution >= 0.6 is 15.9 Å². The number of nitrogens with zero attached hydrogens (tertiary/aromatic N) is 7. The van der Waals surface area contributed by atoms with E-state index in [9.17, 15) is 33.6 Å². The highest BCUT2D eigenvalue weighted by Gasteiger charge is 2.46. The van der Waals surface area contributed by atoms with Gasteiger partial charge in [0.05, 0.1) is 28.7 Å². The summed E-state index contributed by atoms with van der Waals surface area (Å²) >= 11 is 3.41. The first-order chi connectivity index (χ1) is 27.9. The smallest absolute Gasteiger partial charge is 0.282 e. The summed E-state index contributed by atoms with van der Waals surface area (Å²) in [7, 11) is 3.69. The minimum Gasteiger partial charge on any atom is -0.379 e. The molecule has 2 aromatic carbocycles. The van der Waals surface area contributed by atoms with E-state index in [0.717, 1.165) is 30.0 Å². The van der Waals surface area contributed by atoms with Crippen molar-refractivity contribution in [1.82, 2.24) is 34.7 Å². The Hall–Kier alpha value is -5.42. The number of fused-ring (bicyclic) bond motifs is 1. The van der Waals surface area contributed by atoms with Crippen molar-refractivity contribution in [2.24, 2.45) is 13.0 Å². The lowest BCUT2D eigenvalue weighted by atomic mass is 9.87. The minimum atomic E-state index is -1.04. The van der Waals surface area contributed by atoms with Crippen LogP contribution in [0.3, 0.4) is 0 Å². The zero-order valence-corrected chi connectivity index (χ0v) is 34.1. The number of anilines is 2. The molecule has 0 spiro atoms. The second kappa shape index (κ2) is 16.1. The zero-order valence-electron chi connectivity index (χ0n) is 32.5. The number of nitrogens with one attached hydrogen (secondary N) is 2. The van der Waals surface area contributed by atoms with Crippen LogP contribution in [0.4, 0.5) is 11.4 Å². The van der Waals surface area contributed by atoms with Crippen LogP contribution in [0, 0.1) is 5.92 Å². The fourth-order valence-corrected chi connectivity index (χ4v) is 9.57. The molecule has 2 N–H and O–H groups in total. The Bertz CT molecular complexity index is 2230. The van der Waals surface area contributed by atoms with Gasteiger partial charge < -0.3 is 24.9 Å². The molecule has 4 fully saturated rings. The molecular weight excluding hydrogens is 810 g/mol. The molecule has 6 heterocycles. The molecule has 5 aliphatic heterocycles. The van der Waals surface area contributed by atoms with Gasteiger partial charge in [-0.05, 0) is 84.4 Å². The second-order valence-electron chi connectivity index (χ2n) is 15.9. The van der Waals surface area contributed by atoms with Crippen molar-refractivity contribution in [3.05, 3.63) is 85.7 Å². The number of carbonyl (C=O) groups excluding carboxylic acids is 6. The number of rotatable bonds is 7. The Morgan fingerprint density at radius 2 is 1.57 bits per heavy atom. The van der Waals surface area contributed by atoms with E-state index in [4.69, 9.17) is 0 Å². The molecule has 6 amide bonds. The molecule has 58 heavy (non-hydrogen) atoms. The van der Waals surface area contributed by atoms with Crippen LogP contribution < -0.4 is 21.1 Å². The number of likely N-dealkylation sites (tertiary alicyclic amines) is 2. The summed E-state index contributed by atoms with van der Waals surface area (Å²) in [5.74, 6) is -2.12. The average molecular weight is 857 g/mol. The first-order valence-corrected chi connectivity index (χ1v) is 20.6. The summed E-state index contributed by atoms with van der Waals surface area (Å²) in [5.41, 5.74) is 3.30. The Balaban J connectivity index is 0.829. The van der Waals surface area contributed by atoms with E-state index in [2.05, 4.69) is 43.6 Å². The van der Waals surface area contributed by atoms with Crippen LogP contribution in [0.2, 0.25) is 0 Å². The Kier molecular flexibility index (Phi) is 10.9. The van der Waals surface area contributed by atoms with Gasteiger partial charge in [0.2, 0.25) is 17.7 Å². The number of hydrogen-bond acceptors (Lipinski definition) is 11. The van der Waals surface area contributed by atoms with Crippen molar-refractivity contribution in [1.29, 1.82) is 0 Å². The summed E-state index contributed by atoms with van der Waals surface area (Å²) in [6.45, 7) is 4.49. The first kappa shape index (κ1) is 39.4. The van der Waals surface area contributed by atoms with E-state index in [1.165, 1.54) is 4.68 Å². The van der Waals surface area contributed by atoms with Gasteiger partial charge in [0, 0.05) is 83.3 Å². The molecule has 8 rings (SSSR count). The topological polar surface area (TPSA) is 178 Å². The van der Waals surface area contributed by atoms with Crippen LogP contribution in [0.25, 0.3) is 0 Å².